The first-order chi connectivity index (χ1) is 6.08. The SMILES string of the molecule is CCOP(=O)(CC(O)CO)OCC. The van der Waals surface area contributed by atoms with Crippen LogP contribution in [-0.2, 0) is 13.6 Å². The van der Waals surface area contributed by atoms with Crippen LogP contribution < -0.4 is 0 Å². The van der Waals surface area contributed by atoms with Crippen LogP contribution in [0.15, 0.2) is 0 Å². The Bertz CT molecular complexity index is 162. The molecule has 0 heterocycles. The van der Waals surface area contributed by atoms with Crippen molar-refractivity contribution in [3.8, 4) is 0 Å². The molecule has 0 aliphatic carbocycles. The third-order valence-electron chi connectivity index (χ3n) is 1.30. The molecule has 0 aromatic heterocycles. The van der Waals surface area contributed by atoms with Gasteiger partial charge < -0.3 is 19.3 Å². The summed E-state index contributed by atoms with van der Waals surface area (Å²) in [7, 11) is -3.20. The Morgan fingerprint density at radius 1 is 1.31 bits per heavy atom. The lowest BCUT2D eigenvalue weighted by Crippen LogP contribution is -2.19. The van der Waals surface area contributed by atoms with Gasteiger partial charge >= 0.3 is 7.60 Å². The largest absolute Gasteiger partial charge is 0.394 e. The van der Waals surface area contributed by atoms with Gasteiger partial charge in [0.2, 0.25) is 0 Å². The third-order valence-corrected chi connectivity index (χ3v) is 3.47. The zero-order valence-electron chi connectivity index (χ0n) is 7.97. The lowest BCUT2D eigenvalue weighted by molar-refractivity contribution is 0.103. The van der Waals surface area contributed by atoms with Crippen LogP contribution in [0.2, 0.25) is 0 Å². The van der Waals surface area contributed by atoms with Crippen molar-refractivity contribution in [2.45, 2.75) is 20.0 Å². The van der Waals surface area contributed by atoms with Crippen molar-refractivity contribution < 1.29 is 23.8 Å². The lowest BCUT2D eigenvalue weighted by Gasteiger charge is -2.18. The first-order valence-corrected chi connectivity index (χ1v) is 5.97. The average molecular weight is 212 g/mol. The Hall–Kier alpha value is 0.0700. The molecule has 80 valence electrons. The molecular weight excluding hydrogens is 195 g/mol. The normalized spacial score (nSPS) is 14.5. The highest BCUT2D eigenvalue weighted by Gasteiger charge is 2.26. The number of hydrogen-bond donors (Lipinski definition) is 2. The average Bonchev–Trinajstić information content (AvgIpc) is 2.04. The minimum absolute atomic E-state index is 0.162. The second-order valence-electron chi connectivity index (χ2n) is 2.47. The summed E-state index contributed by atoms with van der Waals surface area (Å²) in [6, 6.07) is 0. The summed E-state index contributed by atoms with van der Waals surface area (Å²) in [6.07, 6.45) is -1.21. The van der Waals surface area contributed by atoms with Crippen LogP contribution in [-0.4, -0.2) is 42.3 Å². The van der Waals surface area contributed by atoms with Gasteiger partial charge in [-0.05, 0) is 13.8 Å². The van der Waals surface area contributed by atoms with E-state index in [2.05, 4.69) is 0 Å². The fraction of sp³-hybridized carbons (Fsp3) is 1.00. The number of rotatable bonds is 7. The summed E-state index contributed by atoms with van der Waals surface area (Å²) >= 11 is 0. The maximum absolute atomic E-state index is 11.7. The van der Waals surface area contributed by atoms with E-state index in [1.165, 1.54) is 0 Å². The molecule has 1 atom stereocenters. The van der Waals surface area contributed by atoms with E-state index in [-0.39, 0.29) is 19.4 Å². The molecule has 1 unspecified atom stereocenters. The minimum atomic E-state index is -3.20. The zero-order valence-corrected chi connectivity index (χ0v) is 8.87. The van der Waals surface area contributed by atoms with Gasteiger partial charge in [0, 0.05) is 0 Å². The molecule has 0 radical (unpaired) electrons. The Balaban J connectivity index is 4.14. The van der Waals surface area contributed by atoms with Gasteiger partial charge in [0.05, 0.1) is 32.1 Å². The predicted octanol–water partition coefficient (Wildman–Crippen LogP) is 0.606. The van der Waals surface area contributed by atoms with Gasteiger partial charge in [-0.3, -0.25) is 4.57 Å². The summed E-state index contributed by atoms with van der Waals surface area (Å²) in [5.74, 6) is 0. The fourth-order valence-electron chi connectivity index (χ4n) is 0.852. The van der Waals surface area contributed by atoms with E-state index < -0.39 is 20.3 Å². The maximum Gasteiger partial charge on any atom is 0.333 e. The summed E-state index contributed by atoms with van der Waals surface area (Å²) in [5.41, 5.74) is 0. The van der Waals surface area contributed by atoms with Gasteiger partial charge in [0.15, 0.2) is 0 Å². The van der Waals surface area contributed by atoms with Crippen LogP contribution in [0.4, 0.5) is 0 Å². The van der Waals surface area contributed by atoms with Crippen molar-refractivity contribution in [3.05, 3.63) is 0 Å². The monoisotopic (exact) mass is 212 g/mol. The molecule has 0 bridgehead atoms. The molecule has 0 aromatic carbocycles. The van der Waals surface area contributed by atoms with Crippen LogP contribution in [0.1, 0.15) is 13.8 Å². The van der Waals surface area contributed by atoms with E-state index in [1.54, 1.807) is 13.8 Å². The van der Waals surface area contributed by atoms with Gasteiger partial charge in [-0.25, -0.2) is 0 Å². The van der Waals surface area contributed by atoms with Crippen LogP contribution in [0.3, 0.4) is 0 Å². The molecule has 0 aliphatic heterocycles. The Kier molecular flexibility index (Phi) is 6.55. The molecule has 0 aliphatic rings. The van der Waals surface area contributed by atoms with Crippen LogP contribution in [0.25, 0.3) is 0 Å². The van der Waals surface area contributed by atoms with E-state index in [9.17, 15) is 4.57 Å². The highest BCUT2D eigenvalue weighted by molar-refractivity contribution is 7.53. The van der Waals surface area contributed by atoms with Crippen molar-refractivity contribution in [1.82, 2.24) is 0 Å². The lowest BCUT2D eigenvalue weighted by atomic mass is 10.4. The van der Waals surface area contributed by atoms with Gasteiger partial charge in [-0.1, -0.05) is 0 Å². The van der Waals surface area contributed by atoms with Crippen molar-refractivity contribution >= 4 is 7.60 Å². The topological polar surface area (TPSA) is 76.0 Å². The zero-order chi connectivity index (χ0) is 10.3. The summed E-state index contributed by atoms with van der Waals surface area (Å²) in [4.78, 5) is 0. The molecule has 0 amide bonds. The number of hydrogen-bond acceptors (Lipinski definition) is 5. The van der Waals surface area contributed by atoms with Crippen LogP contribution in [0.5, 0.6) is 0 Å². The second kappa shape index (κ2) is 6.51. The van der Waals surface area contributed by atoms with E-state index in [0.29, 0.717) is 0 Å². The molecule has 5 nitrogen and oxygen atoms in total. The Morgan fingerprint density at radius 3 is 2.08 bits per heavy atom. The van der Waals surface area contributed by atoms with Crippen LogP contribution >= 0.6 is 7.60 Å². The van der Waals surface area contributed by atoms with Crippen molar-refractivity contribution in [1.29, 1.82) is 0 Å². The molecular formula is C7H17O5P. The van der Waals surface area contributed by atoms with Gasteiger partial charge in [0.25, 0.3) is 0 Å². The minimum Gasteiger partial charge on any atom is -0.394 e. The standard InChI is InChI=1S/C7H17O5P/c1-3-11-13(10,12-4-2)6-7(9)5-8/h7-9H,3-6H2,1-2H3. The number of aliphatic hydroxyl groups is 2. The molecule has 0 saturated heterocycles. The molecule has 0 saturated carbocycles. The van der Waals surface area contributed by atoms with Crippen molar-refractivity contribution in [3.63, 3.8) is 0 Å². The highest BCUT2D eigenvalue weighted by atomic mass is 31.2. The molecule has 6 heteroatoms. The Labute approximate surface area is 78.2 Å². The second-order valence-corrected chi connectivity index (χ2v) is 4.57. The van der Waals surface area contributed by atoms with E-state index in [0.717, 1.165) is 0 Å². The maximum atomic E-state index is 11.7. The molecule has 0 aromatic rings. The highest BCUT2D eigenvalue weighted by Crippen LogP contribution is 2.48. The molecule has 0 rings (SSSR count). The summed E-state index contributed by atoms with van der Waals surface area (Å²) < 4.78 is 21.5. The predicted molar refractivity (Wildman–Crippen MR) is 48.8 cm³/mol. The fourth-order valence-corrected chi connectivity index (χ4v) is 2.56. The van der Waals surface area contributed by atoms with E-state index >= 15 is 0 Å². The smallest absolute Gasteiger partial charge is 0.333 e. The number of aliphatic hydroxyl groups excluding tert-OH is 2. The Morgan fingerprint density at radius 2 is 1.77 bits per heavy atom. The van der Waals surface area contributed by atoms with Crippen molar-refractivity contribution in [2.75, 3.05) is 26.0 Å². The van der Waals surface area contributed by atoms with Gasteiger partial charge in [-0.15, -0.1) is 0 Å². The van der Waals surface area contributed by atoms with Gasteiger partial charge in [0.1, 0.15) is 0 Å². The molecule has 13 heavy (non-hydrogen) atoms. The molecule has 0 fully saturated rings. The first-order valence-electron chi connectivity index (χ1n) is 4.25. The quantitative estimate of drug-likeness (QED) is 0.604. The van der Waals surface area contributed by atoms with Gasteiger partial charge in [-0.2, -0.15) is 0 Å². The van der Waals surface area contributed by atoms with E-state index in [1.807, 2.05) is 0 Å². The summed E-state index contributed by atoms with van der Waals surface area (Å²) in [5, 5.41) is 17.6. The van der Waals surface area contributed by atoms with Crippen molar-refractivity contribution in [2.24, 2.45) is 0 Å². The molecule has 2 N–H and O–H groups in total. The first kappa shape index (κ1) is 13.1. The molecule has 0 spiro atoms. The van der Waals surface area contributed by atoms with Crippen LogP contribution in [0, 0.1) is 0 Å². The summed E-state index contributed by atoms with van der Waals surface area (Å²) in [6.45, 7) is 3.46. The third kappa shape index (κ3) is 5.39. The van der Waals surface area contributed by atoms with E-state index in [4.69, 9.17) is 19.3 Å².